The monoisotopic (exact) mass is 292 g/mol. The van der Waals surface area contributed by atoms with Crippen LogP contribution in [0.2, 0.25) is 0 Å². The summed E-state index contributed by atoms with van der Waals surface area (Å²) in [4.78, 5) is 10.6. The lowest BCUT2D eigenvalue weighted by atomic mass is 9.92. The second-order valence-corrected chi connectivity index (χ2v) is 6.16. The van der Waals surface area contributed by atoms with Crippen molar-refractivity contribution in [3.63, 3.8) is 0 Å². The summed E-state index contributed by atoms with van der Waals surface area (Å²) in [5.74, 6) is 1.00. The van der Waals surface area contributed by atoms with Gasteiger partial charge in [-0.3, -0.25) is 10.1 Å². The van der Waals surface area contributed by atoms with E-state index in [9.17, 15) is 10.1 Å². The Balaban J connectivity index is 2.08. The van der Waals surface area contributed by atoms with Crippen LogP contribution in [0.3, 0.4) is 0 Å². The molecule has 0 heterocycles. The van der Waals surface area contributed by atoms with Crippen LogP contribution in [0, 0.1) is 21.4 Å². The molecule has 1 aliphatic carbocycles. The van der Waals surface area contributed by atoms with Gasteiger partial charge in [0.1, 0.15) is 0 Å². The number of nitrogens with one attached hydrogen (secondary N) is 1. The van der Waals surface area contributed by atoms with Gasteiger partial charge >= 0.3 is 5.69 Å². The summed E-state index contributed by atoms with van der Waals surface area (Å²) in [6.45, 7) is 7.88. The Morgan fingerprint density at radius 1 is 1.43 bits per heavy atom. The first-order valence-corrected chi connectivity index (χ1v) is 7.63. The molecule has 1 fully saturated rings. The first kappa shape index (κ1) is 15.6. The normalized spacial score (nSPS) is 15.8. The van der Waals surface area contributed by atoms with Crippen molar-refractivity contribution in [1.29, 1.82) is 0 Å². The lowest BCUT2D eigenvalue weighted by molar-refractivity contribution is -0.385. The molecule has 0 unspecified atom stereocenters. The van der Waals surface area contributed by atoms with Crippen LogP contribution in [0.5, 0.6) is 5.75 Å². The maximum atomic E-state index is 11.0. The summed E-state index contributed by atoms with van der Waals surface area (Å²) in [6.07, 6.45) is 3.33. The molecule has 1 N–H and O–H groups in total. The van der Waals surface area contributed by atoms with Gasteiger partial charge in [-0.2, -0.15) is 0 Å². The Kier molecular flexibility index (Phi) is 4.70. The largest absolute Gasteiger partial charge is 0.487 e. The average Bonchev–Trinajstić information content (AvgIpc) is 3.24. The molecule has 5 heteroatoms. The Morgan fingerprint density at radius 2 is 2.14 bits per heavy atom. The van der Waals surface area contributed by atoms with Crippen molar-refractivity contribution >= 4 is 11.4 Å². The Hall–Kier alpha value is -1.78. The van der Waals surface area contributed by atoms with E-state index >= 15 is 0 Å². The molecule has 116 valence electrons. The zero-order valence-corrected chi connectivity index (χ0v) is 13.0. The third-order valence-corrected chi connectivity index (χ3v) is 4.38. The minimum absolute atomic E-state index is 0.0268. The van der Waals surface area contributed by atoms with Crippen LogP contribution in [0.1, 0.15) is 40.0 Å². The number of hydrogen-bond acceptors (Lipinski definition) is 4. The number of anilines is 1. The third-order valence-electron chi connectivity index (χ3n) is 4.38. The highest BCUT2D eigenvalue weighted by Gasteiger charge is 2.44. The fraction of sp³-hybridized carbons (Fsp3) is 0.625. The van der Waals surface area contributed by atoms with E-state index in [2.05, 4.69) is 19.2 Å². The second kappa shape index (κ2) is 6.33. The summed E-state index contributed by atoms with van der Waals surface area (Å²) in [5.41, 5.74) is 1.31. The first-order chi connectivity index (χ1) is 9.98. The van der Waals surface area contributed by atoms with Gasteiger partial charge in [0.25, 0.3) is 0 Å². The molecule has 0 atom stereocenters. The summed E-state index contributed by atoms with van der Waals surface area (Å²) >= 11 is 0. The summed E-state index contributed by atoms with van der Waals surface area (Å²) < 4.78 is 5.50. The highest BCUT2D eigenvalue weighted by molar-refractivity contribution is 5.58. The number of benzene rings is 1. The second-order valence-electron chi connectivity index (χ2n) is 6.16. The van der Waals surface area contributed by atoms with Crippen LogP contribution in [0.15, 0.2) is 18.2 Å². The van der Waals surface area contributed by atoms with Crippen LogP contribution in [0.4, 0.5) is 11.4 Å². The lowest BCUT2D eigenvalue weighted by Crippen LogP contribution is -2.20. The molecule has 1 aromatic carbocycles. The van der Waals surface area contributed by atoms with Crippen molar-refractivity contribution < 1.29 is 9.66 Å². The van der Waals surface area contributed by atoms with Crippen molar-refractivity contribution in [2.75, 3.05) is 18.5 Å². The number of rotatable bonds is 8. The maximum Gasteiger partial charge on any atom is 0.311 e. The van der Waals surface area contributed by atoms with E-state index in [0.29, 0.717) is 23.7 Å². The van der Waals surface area contributed by atoms with Gasteiger partial charge in [-0.25, -0.2) is 0 Å². The molecule has 0 spiro atoms. The van der Waals surface area contributed by atoms with E-state index in [1.165, 1.54) is 18.9 Å². The SMILES string of the molecule is CCCOc1cc(NCC2(C(C)C)CC2)ccc1[N+](=O)[O-]. The van der Waals surface area contributed by atoms with Crippen LogP contribution in [-0.4, -0.2) is 18.1 Å². The standard InChI is InChI=1S/C16H24N2O3/c1-4-9-21-15-10-13(5-6-14(15)18(19)20)17-11-16(7-8-16)12(2)3/h5-6,10,12,17H,4,7-9,11H2,1-3H3. The zero-order chi connectivity index (χ0) is 15.5. The molecule has 0 bridgehead atoms. The topological polar surface area (TPSA) is 64.4 Å². The minimum atomic E-state index is -0.398. The highest BCUT2D eigenvalue weighted by Crippen LogP contribution is 2.51. The summed E-state index contributed by atoms with van der Waals surface area (Å²) in [5, 5.41) is 14.4. The fourth-order valence-electron chi connectivity index (χ4n) is 2.50. The van der Waals surface area contributed by atoms with Crippen LogP contribution >= 0.6 is 0 Å². The van der Waals surface area contributed by atoms with Gasteiger partial charge in [0, 0.05) is 24.4 Å². The third kappa shape index (κ3) is 3.65. The van der Waals surface area contributed by atoms with E-state index in [4.69, 9.17) is 4.74 Å². The van der Waals surface area contributed by atoms with Gasteiger partial charge < -0.3 is 10.1 Å². The zero-order valence-electron chi connectivity index (χ0n) is 13.0. The number of nitrogens with zero attached hydrogens (tertiary/aromatic N) is 1. The molecule has 0 saturated heterocycles. The molecule has 1 aromatic rings. The van der Waals surface area contributed by atoms with Gasteiger partial charge in [-0.1, -0.05) is 20.8 Å². The number of nitro benzene ring substituents is 1. The molecule has 5 nitrogen and oxygen atoms in total. The van der Waals surface area contributed by atoms with E-state index in [1.54, 1.807) is 12.1 Å². The van der Waals surface area contributed by atoms with E-state index in [1.807, 2.05) is 6.92 Å². The highest BCUT2D eigenvalue weighted by atomic mass is 16.6. The molecule has 21 heavy (non-hydrogen) atoms. The average molecular weight is 292 g/mol. The van der Waals surface area contributed by atoms with Crippen molar-refractivity contribution in [2.24, 2.45) is 11.3 Å². The molecule has 1 aliphatic rings. The first-order valence-electron chi connectivity index (χ1n) is 7.63. The van der Waals surface area contributed by atoms with E-state index in [-0.39, 0.29) is 5.69 Å². The molecule has 0 amide bonds. The van der Waals surface area contributed by atoms with Crippen molar-refractivity contribution in [3.05, 3.63) is 28.3 Å². The molecular weight excluding hydrogens is 268 g/mol. The van der Waals surface area contributed by atoms with Crippen LogP contribution in [0.25, 0.3) is 0 Å². The van der Waals surface area contributed by atoms with E-state index < -0.39 is 4.92 Å². The van der Waals surface area contributed by atoms with Crippen molar-refractivity contribution in [2.45, 2.75) is 40.0 Å². The quantitative estimate of drug-likeness (QED) is 0.575. The van der Waals surface area contributed by atoms with Gasteiger partial charge in [0.2, 0.25) is 0 Å². The summed E-state index contributed by atoms with van der Waals surface area (Å²) in [6, 6.07) is 5.01. The Labute approximate surface area is 125 Å². The minimum Gasteiger partial charge on any atom is -0.487 e. The van der Waals surface area contributed by atoms with Gasteiger partial charge in [0.15, 0.2) is 5.75 Å². The predicted octanol–water partition coefficient (Wildman–Crippen LogP) is 4.23. The molecule has 2 rings (SSSR count). The summed E-state index contributed by atoms with van der Waals surface area (Å²) in [7, 11) is 0. The van der Waals surface area contributed by atoms with Crippen molar-refractivity contribution in [3.8, 4) is 5.75 Å². The smallest absolute Gasteiger partial charge is 0.311 e. The van der Waals surface area contributed by atoms with Gasteiger partial charge in [0.05, 0.1) is 11.5 Å². The van der Waals surface area contributed by atoms with Crippen LogP contribution < -0.4 is 10.1 Å². The van der Waals surface area contributed by atoms with Gasteiger partial charge in [-0.15, -0.1) is 0 Å². The number of nitro groups is 1. The molecule has 0 aromatic heterocycles. The van der Waals surface area contributed by atoms with E-state index in [0.717, 1.165) is 18.7 Å². The number of ether oxygens (including phenoxy) is 1. The lowest BCUT2D eigenvalue weighted by Gasteiger charge is -2.21. The Morgan fingerprint density at radius 3 is 2.67 bits per heavy atom. The molecule has 0 radical (unpaired) electrons. The molecular formula is C16H24N2O3. The van der Waals surface area contributed by atoms with Crippen LogP contribution in [-0.2, 0) is 0 Å². The molecule has 1 saturated carbocycles. The predicted molar refractivity (Wildman–Crippen MR) is 83.9 cm³/mol. The number of hydrogen-bond donors (Lipinski definition) is 1. The Bertz CT molecular complexity index is 510. The van der Waals surface area contributed by atoms with Gasteiger partial charge in [-0.05, 0) is 36.7 Å². The maximum absolute atomic E-state index is 11.0. The van der Waals surface area contributed by atoms with Crippen molar-refractivity contribution in [1.82, 2.24) is 0 Å². The fourth-order valence-corrected chi connectivity index (χ4v) is 2.50. The molecule has 0 aliphatic heterocycles.